The average molecular weight is 489 g/mol. The number of amides is 1. The van der Waals surface area contributed by atoms with Gasteiger partial charge in [0.2, 0.25) is 0 Å². The molecule has 0 spiro atoms. The zero-order chi connectivity index (χ0) is 25.6. The van der Waals surface area contributed by atoms with Crippen LogP contribution >= 0.6 is 0 Å². The summed E-state index contributed by atoms with van der Waals surface area (Å²) in [5.41, 5.74) is 12.2. The fourth-order valence-electron chi connectivity index (χ4n) is 4.27. The lowest BCUT2D eigenvalue weighted by molar-refractivity contribution is 0.0954. The van der Waals surface area contributed by atoms with Crippen LogP contribution in [0.4, 0.5) is 0 Å². The van der Waals surface area contributed by atoms with Crippen molar-refractivity contribution in [3.63, 3.8) is 0 Å². The molecule has 0 bridgehead atoms. The largest absolute Gasteiger partial charge is 0.489 e. The summed E-state index contributed by atoms with van der Waals surface area (Å²) in [5.74, 6) is 0.743. The highest BCUT2D eigenvalue weighted by atomic mass is 16.5. The second-order valence-electron chi connectivity index (χ2n) is 8.88. The highest BCUT2D eigenvalue weighted by Crippen LogP contribution is 2.24. The van der Waals surface area contributed by atoms with E-state index in [2.05, 4.69) is 10.3 Å². The van der Waals surface area contributed by atoms with Crippen LogP contribution in [-0.4, -0.2) is 23.3 Å². The minimum Gasteiger partial charge on any atom is -0.489 e. The fourth-order valence-corrected chi connectivity index (χ4v) is 4.27. The van der Waals surface area contributed by atoms with Crippen molar-refractivity contribution in [3.8, 4) is 16.9 Å². The van der Waals surface area contributed by atoms with Crippen molar-refractivity contribution in [1.82, 2.24) is 10.3 Å². The number of hydrogen-bond acceptors (Lipinski definition) is 3. The molecule has 0 unspecified atom stereocenters. The molecule has 1 heterocycles. The zero-order valence-corrected chi connectivity index (χ0v) is 20.3. The number of nitrogen functional groups attached to an aromatic ring is 1. The van der Waals surface area contributed by atoms with Crippen LogP contribution in [0.25, 0.3) is 22.0 Å². The molecule has 0 fully saturated rings. The number of amidine groups is 1. The molecule has 184 valence electrons. The van der Waals surface area contributed by atoms with Gasteiger partial charge in [-0.2, -0.15) is 0 Å². The predicted molar refractivity (Wildman–Crippen MR) is 148 cm³/mol. The maximum atomic E-state index is 12.7. The third-order valence-electron chi connectivity index (χ3n) is 6.32. The van der Waals surface area contributed by atoms with E-state index in [9.17, 15) is 4.79 Å². The van der Waals surface area contributed by atoms with E-state index >= 15 is 0 Å². The summed E-state index contributed by atoms with van der Waals surface area (Å²) in [6, 6.07) is 31.6. The van der Waals surface area contributed by atoms with E-state index in [1.165, 1.54) is 0 Å². The van der Waals surface area contributed by atoms with Crippen LogP contribution in [0.2, 0.25) is 0 Å². The van der Waals surface area contributed by atoms with Crippen LogP contribution < -0.4 is 15.8 Å². The normalized spacial score (nSPS) is 10.8. The first-order valence-electron chi connectivity index (χ1n) is 12.2. The Morgan fingerprint density at radius 1 is 0.865 bits per heavy atom. The van der Waals surface area contributed by atoms with E-state index < -0.39 is 0 Å². The van der Waals surface area contributed by atoms with E-state index in [1.54, 1.807) is 6.20 Å². The SMILES string of the molecule is N=C(N)c1c[nH]c2ccc(CCNC(=O)c3ccc(-c4ccc(OCc5ccccc5)cc4)cc3)cc12. The van der Waals surface area contributed by atoms with Crippen LogP contribution in [0.15, 0.2) is 103 Å². The smallest absolute Gasteiger partial charge is 0.251 e. The number of aromatic nitrogens is 1. The summed E-state index contributed by atoms with van der Waals surface area (Å²) < 4.78 is 5.87. The molecular weight excluding hydrogens is 460 g/mol. The minimum absolute atomic E-state index is 0.0347. The molecule has 0 saturated heterocycles. The topological polar surface area (TPSA) is 104 Å². The molecule has 4 aromatic carbocycles. The van der Waals surface area contributed by atoms with E-state index in [0.717, 1.165) is 38.9 Å². The summed E-state index contributed by atoms with van der Waals surface area (Å²) in [6.45, 7) is 1.04. The van der Waals surface area contributed by atoms with Gasteiger partial charge in [-0.3, -0.25) is 10.2 Å². The Balaban J connectivity index is 1.15. The van der Waals surface area contributed by atoms with Crippen molar-refractivity contribution in [1.29, 1.82) is 5.41 Å². The Hall–Kier alpha value is -4.84. The quantitative estimate of drug-likeness (QED) is 0.159. The van der Waals surface area contributed by atoms with Gasteiger partial charge in [-0.1, -0.05) is 60.7 Å². The molecule has 37 heavy (non-hydrogen) atoms. The molecule has 1 amide bonds. The first kappa shape index (κ1) is 23.9. The maximum absolute atomic E-state index is 12.7. The van der Waals surface area contributed by atoms with Gasteiger partial charge in [0, 0.05) is 34.8 Å². The lowest BCUT2D eigenvalue weighted by atomic mass is 10.0. The van der Waals surface area contributed by atoms with Crippen LogP contribution in [0, 0.1) is 5.41 Å². The Bertz CT molecular complexity index is 1520. The third-order valence-corrected chi connectivity index (χ3v) is 6.32. The number of H-pyrrole nitrogens is 1. The van der Waals surface area contributed by atoms with Gasteiger partial charge in [0.25, 0.3) is 5.91 Å². The van der Waals surface area contributed by atoms with E-state index in [-0.39, 0.29) is 11.7 Å². The molecule has 0 atom stereocenters. The number of fused-ring (bicyclic) bond motifs is 1. The summed E-state index contributed by atoms with van der Waals surface area (Å²) >= 11 is 0. The summed E-state index contributed by atoms with van der Waals surface area (Å²) in [7, 11) is 0. The monoisotopic (exact) mass is 488 g/mol. The highest BCUT2D eigenvalue weighted by molar-refractivity contribution is 6.07. The van der Waals surface area contributed by atoms with Gasteiger partial charge in [0.1, 0.15) is 18.2 Å². The first-order chi connectivity index (χ1) is 18.1. The zero-order valence-electron chi connectivity index (χ0n) is 20.3. The number of nitrogens with one attached hydrogen (secondary N) is 3. The molecule has 0 saturated carbocycles. The van der Waals surface area contributed by atoms with Crippen molar-refractivity contribution in [3.05, 3.63) is 126 Å². The van der Waals surface area contributed by atoms with Crippen molar-refractivity contribution < 1.29 is 9.53 Å². The first-order valence-corrected chi connectivity index (χ1v) is 12.2. The second kappa shape index (κ2) is 10.8. The number of hydrogen-bond donors (Lipinski definition) is 4. The molecule has 6 nitrogen and oxygen atoms in total. The fraction of sp³-hybridized carbons (Fsp3) is 0.0968. The number of ether oxygens (including phenoxy) is 1. The number of benzene rings is 4. The molecule has 6 heteroatoms. The van der Waals surface area contributed by atoms with Gasteiger partial charge in [-0.05, 0) is 65.1 Å². The predicted octanol–water partition coefficient (Wildman–Crippen LogP) is 5.67. The van der Waals surface area contributed by atoms with Gasteiger partial charge in [0.05, 0.1) is 0 Å². The average Bonchev–Trinajstić information content (AvgIpc) is 3.37. The van der Waals surface area contributed by atoms with Crippen molar-refractivity contribution in [2.24, 2.45) is 5.73 Å². The van der Waals surface area contributed by atoms with Gasteiger partial charge in [0.15, 0.2) is 0 Å². The molecule has 5 rings (SSSR count). The molecule has 5 N–H and O–H groups in total. The number of rotatable bonds is 9. The summed E-state index contributed by atoms with van der Waals surface area (Å²) in [5, 5.41) is 11.6. The van der Waals surface area contributed by atoms with Gasteiger partial charge in [-0.15, -0.1) is 0 Å². The maximum Gasteiger partial charge on any atom is 0.251 e. The minimum atomic E-state index is -0.108. The van der Waals surface area contributed by atoms with E-state index in [0.29, 0.717) is 30.7 Å². The summed E-state index contributed by atoms with van der Waals surface area (Å²) in [6.07, 6.45) is 2.43. The van der Waals surface area contributed by atoms with Crippen molar-refractivity contribution in [2.75, 3.05) is 6.54 Å². The molecule has 0 radical (unpaired) electrons. The number of carbonyl (C=O) groups excluding carboxylic acids is 1. The molecule has 1 aromatic heterocycles. The van der Waals surface area contributed by atoms with E-state index in [1.807, 2.05) is 97.1 Å². The number of carbonyl (C=O) groups is 1. The Morgan fingerprint density at radius 2 is 1.57 bits per heavy atom. The van der Waals surface area contributed by atoms with Crippen LogP contribution in [0.5, 0.6) is 5.75 Å². The van der Waals surface area contributed by atoms with Crippen LogP contribution in [-0.2, 0) is 13.0 Å². The lowest BCUT2D eigenvalue weighted by Gasteiger charge is -2.09. The van der Waals surface area contributed by atoms with Gasteiger partial charge < -0.3 is 20.8 Å². The molecule has 0 aliphatic rings. The third kappa shape index (κ3) is 5.70. The summed E-state index contributed by atoms with van der Waals surface area (Å²) in [4.78, 5) is 15.8. The Kier molecular flexibility index (Phi) is 6.99. The van der Waals surface area contributed by atoms with Crippen molar-refractivity contribution >= 4 is 22.6 Å². The second-order valence-corrected chi connectivity index (χ2v) is 8.88. The molecule has 5 aromatic rings. The number of aromatic amines is 1. The lowest BCUT2D eigenvalue weighted by Crippen LogP contribution is -2.25. The van der Waals surface area contributed by atoms with Crippen LogP contribution in [0.1, 0.15) is 27.0 Å². The highest BCUT2D eigenvalue weighted by Gasteiger charge is 2.09. The Morgan fingerprint density at radius 3 is 2.27 bits per heavy atom. The van der Waals surface area contributed by atoms with E-state index in [4.69, 9.17) is 15.9 Å². The van der Waals surface area contributed by atoms with Crippen molar-refractivity contribution in [2.45, 2.75) is 13.0 Å². The molecule has 0 aliphatic heterocycles. The molecule has 0 aliphatic carbocycles. The molecular formula is C31H28N4O2. The standard InChI is InChI=1S/C31H28N4O2/c32-30(33)28-19-35-29-15-6-21(18-27(28)29)16-17-34-31(36)25-9-7-23(8-10-25)24-11-13-26(14-12-24)37-20-22-4-2-1-3-5-22/h1-15,18-19,35H,16-17,20H2,(H3,32,33)(H,34,36). The van der Waals surface area contributed by atoms with Gasteiger partial charge in [-0.25, -0.2) is 0 Å². The van der Waals surface area contributed by atoms with Crippen LogP contribution in [0.3, 0.4) is 0 Å². The Labute approximate surface area is 215 Å². The number of nitrogens with two attached hydrogens (primary N) is 1. The van der Waals surface area contributed by atoms with Gasteiger partial charge >= 0.3 is 0 Å².